The molecule has 56 heavy (non-hydrogen) atoms. The molecule has 0 rings (SSSR count). The van der Waals surface area contributed by atoms with E-state index in [-0.39, 0.29) is 0 Å². The molecule has 0 saturated carbocycles. The minimum Gasteiger partial charge on any atom is -0.391 e. The lowest BCUT2D eigenvalue weighted by atomic mass is 9.94. The van der Waals surface area contributed by atoms with E-state index in [4.69, 9.17) is 40.9 Å². The fourth-order valence-electron chi connectivity index (χ4n) is 4.19. The zero-order valence-corrected chi connectivity index (χ0v) is 39.8. The van der Waals surface area contributed by atoms with E-state index in [0.717, 1.165) is 0 Å². The number of hydrogen-bond acceptors (Lipinski definition) is 12. The lowest BCUT2D eigenvalue weighted by Gasteiger charge is -2.25. The number of aliphatic hydroxyl groups is 12. The first-order valence-electron chi connectivity index (χ1n) is 21.1. The highest BCUT2D eigenvalue weighted by Gasteiger charge is 2.25. The van der Waals surface area contributed by atoms with Crippen molar-refractivity contribution in [1.29, 1.82) is 0 Å². The lowest BCUT2D eigenvalue weighted by Crippen LogP contribution is -2.36. The Morgan fingerprint density at radius 1 is 0.268 bits per heavy atom. The van der Waals surface area contributed by atoms with E-state index in [9.17, 15) is 20.4 Å². The minimum atomic E-state index is -0.954. The first-order valence-corrected chi connectivity index (χ1v) is 21.1. The first-order chi connectivity index (χ1) is 24.8. The van der Waals surface area contributed by atoms with Crippen molar-refractivity contribution in [2.45, 2.75) is 249 Å². The normalized spacial score (nSPS) is 17.2. The second-order valence-corrected chi connectivity index (χ2v) is 19.3. The Morgan fingerprint density at radius 2 is 0.393 bits per heavy atom. The van der Waals surface area contributed by atoms with Gasteiger partial charge in [0.05, 0.1) is 72.2 Å². The van der Waals surface area contributed by atoms with Crippen molar-refractivity contribution in [3.05, 3.63) is 0 Å². The number of rotatable bonds is 18. The van der Waals surface area contributed by atoms with Gasteiger partial charge in [-0.3, -0.25) is 0 Å². The van der Waals surface area contributed by atoms with E-state index in [0.29, 0.717) is 74.0 Å². The van der Waals surface area contributed by atoms with Crippen LogP contribution < -0.4 is 0 Å². The van der Waals surface area contributed by atoms with Gasteiger partial charge < -0.3 is 61.3 Å². The van der Waals surface area contributed by atoms with Crippen LogP contribution >= 0.6 is 0 Å². The summed E-state index contributed by atoms with van der Waals surface area (Å²) in [4.78, 5) is 0. The Kier molecular flexibility index (Phi) is 43.7. The highest BCUT2D eigenvalue weighted by molar-refractivity contribution is 4.77. The van der Waals surface area contributed by atoms with Gasteiger partial charge >= 0.3 is 0 Å². The molecular formula is C44H100O12. The zero-order chi connectivity index (χ0) is 46.5. The summed E-state index contributed by atoms with van der Waals surface area (Å²) < 4.78 is 0. The van der Waals surface area contributed by atoms with Gasteiger partial charge in [-0.15, -0.1) is 0 Å². The van der Waals surface area contributed by atoms with Crippen LogP contribution in [0.2, 0.25) is 0 Å². The van der Waals surface area contributed by atoms with Crippen LogP contribution in [0, 0.1) is 35.5 Å². The molecule has 0 fully saturated rings. The molecule has 0 aliphatic rings. The fourth-order valence-corrected chi connectivity index (χ4v) is 4.19. The molecule has 0 aliphatic heterocycles. The predicted octanol–water partition coefficient (Wildman–Crippen LogP) is 5.43. The molecule has 0 aromatic heterocycles. The monoisotopic (exact) mass is 821 g/mol. The Hall–Kier alpha value is -0.480. The molecule has 348 valence electrons. The number of hydrogen-bond donors (Lipinski definition) is 12. The molecule has 0 aliphatic carbocycles. The molecule has 12 N–H and O–H groups in total. The third kappa shape index (κ3) is 55.6. The van der Waals surface area contributed by atoms with Crippen LogP contribution in [-0.4, -0.2) is 134 Å². The van der Waals surface area contributed by atoms with Crippen molar-refractivity contribution in [2.75, 3.05) is 0 Å². The van der Waals surface area contributed by atoms with Crippen molar-refractivity contribution < 1.29 is 61.3 Å². The third-order valence-corrected chi connectivity index (χ3v) is 8.10. The summed E-state index contributed by atoms with van der Waals surface area (Å²) in [7, 11) is 0. The Balaban J connectivity index is -0.000000134. The molecule has 0 unspecified atom stereocenters. The van der Waals surface area contributed by atoms with E-state index < -0.39 is 72.2 Å². The summed E-state index contributed by atoms with van der Waals surface area (Å²) in [6.45, 7) is 37.2. The van der Waals surface area contributed by atoms with Gasteiger partial charge in [0.25, 0.3) is 0 Å². The van der Waals surface area contributed by atoms with Crippen LogP contribution in [0.1, 0.15) is 177 Å². The molecule has 0 aromatic rings. The van der Waals surface area contributed by atoms with Crippen molar-refractivity contribution in [3.8, 4) is 0 Å². The van der Waals surface area contributed by atoms with E-state index in [2.05, 4.69) is 0 Å². The first kappa shape index (κ1) is 67.3. The second kappa shape index (κ2) is 36.4. The topological polar surface area (TPSA) is 243 Å². The summed E-state index contributed by atoms with van der Waals surface area (Å²) in [5.41, 5.74) is -1.91. The molecule has 0 saturated heterocycles. The van der Waals surface area contributed by atoms with Crippen LogP contribution in [0.15, 0.2) is 0 Å². The Bertz CT molecular complexity index is 695. The molecule has 12 nitrogen and oxygen atoms in total. The van der Waals surface area contributed by atoms with Crippen LogP contribution in [-0.2, 0) is 0 Å². The average molecular weight is 821 g/mol. The third-order valence-electron chi connectivity index (χ3n) is 8.10. The molecule has 0 bridgehead atoms. The van der Waals surface area contributed by atoms with Gasteiger partial charge in [0, 0.05) is 0 Å². The fraction of sp³-hybridized carbons (Fsp3) is 1.00. The smallest absolute Gasteiger partial charge is 0.0849 e. The van der Waals surface area contributed by atoms with Gasteiger partial charge in [-0.1, -0.05) is 83.1 Å². The standard InChI is InChI=1S/2C8H18O2.4C7H16O2/c2*1-6(2)5-7(9)8(3,4)10;4*1-5(2)4-7(9)6(3)8/h2*6-7,9-10H,5H2,1-4H3;4*5-9H,4H2,1-3H3/t2*7-;2*6-,7+;2*6-,7-/m101010/s1. The molecule has 0 heterocycles. The maximum atomic E-state index is 9.31. The van der Waals surface area contributed by atoms with E-state index in [1.54, 1.807) is 55.4 Å². The SMILES string of the molecule is CC(C)C[C@@H](O)C(C)(C)O.CC(C)C[C@@H](O)[C@@H](C)O.CC(C)C[C@@H](O)[C@H](C)O.CC(C)C[C@H](O)C(C)(C)O.CC(C)C[C@H](O)[C@@H](C)O.CC(C)C[C@H](O)[C@H](C)O. The van der Waals surface area contributed by atoms with E-state index in [1.165, 1.54) is 0 Å². The van der Waals surface area contributed by atoms with Gasteiger partial charge in [-0.2, -0.15) is 0 Å². The van der Waals surface area contributed by atoms with Gasteiger partial charge in [-0.25, -0.2) is 0 Å². The maximum absolute atomic E-state index is 9.31. The second-order valence-electron chi connectivity index (χ2n) is 19.3. The summed E-state index contributed by atoms with van der Waals surface area (Å²) >= 11 is 0. The van der Waals surface area contributed by atoms with Crippen LogP contribution in [0.4, 0.5) is 0 Å². The van der Waals surface area contributed by atoms with Crippen molar-refractivity contribution in [1.82, 2.24) is 0 Å². The summed E-state index contributed by atoms with van der Waals surface area (Å²) in [5.74, 6) is 2.68. The highest BCUT2D eigenvalue weighted by Crippen LogP contribution is 2.17. The van der Waals surface area contributed by atoms with Crippen molar-refractivity contribution in [3.63, 3.8) is 0 Å². The lowest BCUT2D eigenvalue weighted by molar-refractivity contribution is -0.0564. The number of aliphatic hydroxyl groups excluding tert-OH is 10. The van der Waals surface area contributed by atoms with Crippen molar-refractivity contribution in [2.24, 2.45) is 35.5 Å². The Morgan fingerprint density at radius 3 is 0.429 bits per heavy atom. The highest BCUT2D eigenvalue weighted by atomic mass is 16.4. The molecule has 0 amide bonds. The van der Waals surface area contributed by atoms with Crippen LogP contribution in [0.3, 0.4) is 0 Å². The molecule has 10 atom stereocenters. The Labute approximate surface area is 345 Å². The quantitative estimate of drug-likeness (QED) is 0.0829. The molecule has 0 radical (unpaired) electrons. The van der Waals surface area contributed by atoms with Crippen LogP contribution in [0.5, 0.6) is 0 Å². The molecule has 0 aromatic carbocycles. The largest absolute Gasteiger partial charge is 0.391 e. The average Bonchev–Trinajstić information content (AvgIpc) is 2.95. The zero-order valence-electron chi connectivity index (χ0n) is 39.8. The summed E-state index contributed by atoms with van der Waals surface area (Å²) in [5, 5.41) is 109. The van der Waals surface area contributed by atoms with Gasteiger partial charge in [0.1, 0.15) is 0 Å². The molecular weight excluding hydrogens is 720 g/mol. The van der Waals surface area contributed by atoms with Gasteiger partial charge in [-0.05, 0) is 129 Å². The molecule has 0 spiro atoms. The summed E-state index contributed by atoms with van der Waals surface area (Å²) in [6, 6.07) is 0. The van der Waals surface area contributed by atoms with E-state index in [1.807, 2.05) is 83.1 Å². The van der Waals surface area contributed by atoms with Crippen molar-refractivity contribution >= 4 is 0 Å². The summed E-state index contributed by atoms with van der Waals surface area (Å²) in [6.07, 6.45) is -1.75. The van der Waals surface area contributed by atoms with E-state index >= 15 is 0 Å². The molecule has 12 heteroatoms. The minimum absolute atomic E-state index is 0.432. The van der Waals surface area contributed by atoms with Gasteiger partial charge in [0.15, 0.2) is 0 Å². The maximum Gasteiger partial charge on any atom is 0.0849 e. The van der Waals surface area contributed by atoms with Gasteiger partial charge in [0.2, 0.25) is 0 Å². The van der Waals surface area contributed by atoms with Crippen LogP contribution in [0.25, 0.3) is 0 Å². The predicted molar refractivity (Wildman–Crippen MR) is 232 cm³/mol.